The smallest absolute Gasteiger partial charge is 0.220 e. The average Bonchev–Trinajstić information content (AvgIpc) is 2.41. The van der Waals surface area contributed by atoms with Gasteiger partial charge in [0.15, 0.2) is 0 Å². The minimum atomic E-state index is 0.233. The van der Waals surface area contributed by atoms with E-state index in [2.05, 4.69) is 20.9 Å². The van der Waals surface area contributed by atoms with Gasteiger partial charge in [0, 0.05) is 45.7 Å². The summed E-state index contributed by atoms with van der Waals surface area (Å²) in [5.41, 5.74) is 0. The van der Waals surface area contributed by atoms with E-state index < -0.39 is 0 Å². The van der Waals surface area contributed by atoms with Crippen LogP contribution >= 0.6 is 0 Å². The number of nitrogens with zero attached hydrogens (tertiary/aromatic N) is 1. The maximum absolute atomic E-state index is 11.8. The highest BCUT2D eigenvalue weighted by Crippen LogP contribution is 2.15. The number of nitrogens with one attached hydrogen (secondary N) is 3. The molecule has 0 spiro atoms. The van der Waals surface area contributed by atoms with Gasteiger partial charge in [0.05, 0.1) is 0 Å². The van der Waals surface area contributed by atoms with Crippen molar-refractivity contribution in [1.29, 1.82) is 0 Å². The van der Waals surface area contributed by atoms with Crippen LogP contribution in [0.25, 0.3) is 0 Å². The summed E-state index contributed by atoms with van der Waals surface area (Å²) in [6.45, 7) is 8.27. The molecule has 2 aliphatic heterocycles. The third-order valence-corrected chi connectivity index (χ3v) is 3.89. The van der Waals surface area contributed by atoms with E-state index in [0.717, 1.165) is 65.2 Å². The Morgan fingerprint density at radius 3 is 2.50 bits per heavy atom. The van der Waals surface area contributed by atoms with Crippen LogP contribution in [0.3, 0.4) is 0 Å². The van der Waals surface area contributed by atoms with Gasteiger partial charge in [0.1, 0.15) is 0 Å². The molecule has 0 aromatic carbocycles. The molecule has 2 rings (SSSR count). The standard InChI is InChI=1S/C13H26N4O/c18-13(11-12-1-3-14-4-2-12)16-7-10-17-8-5-15-6-9-17/h12,14-15H,1-11H2,(H,16,18). The molecule has 0 saturated carbocycles. The molecule has 5 heteroatoms. The monoisotopic (exact) mass is 254 g/mol. The van der Waals surface area contributed by atoms with Crippen molar-refractivity contribution < 1.29 is 4.79 Å². The van der Waals surface area contributed by atoms with Crippen molar-refractivity contribution in [3.63, 3.8) is 0 Å². The van der Waals surface area contributed by atoms with Crippen LogP contribution in [0.5, 0.6) is 0 Å². The van der Waals surface area contributed by atoms with E-state index in [1.165, 1.54) is 0 Å². The van der Waals surface area contributed by atoms with Crippen molar-refractivity contribution in [3.05, 3.63) is 0 Å². The highest BCUT2D eigenvalue weighted by atomic mass is 16.1. The summed E-state index contributed by atoms with van der Waals surface area (Å²) in [4.78, 5) is 14.2. The molecule has 2 saturated heterocycles. The van der Waals surface area contributed by atoms with E-state index >= 15 is 0 Å². The lowest BCUT2D eigenvalue weighted by Crippen LogP contribution is -2.46. The molecule has 1 amide bonds. The Bertz CT molecular complexity index is 247. The molecule has 5 nitrogen and oxygen atoms in total. The normalized spacial score (nSPS) is 22.9. The van der Waals surface area contributed by atoms with Gasteiger partial charge in [0.25, 0.3) is 0 Å². The highest BCUT2D eigenvalue weighted by molar-refractivity contribution is 5.76. The number of carbonyl (C=O) groups excluding carboxylic acids is 1. The van der Waals surface area contributed by atoms with Gasteiger partial charge in [-0.05, 0) is 31.8 Å². The minimum absolute atomic E-state index is 0.233. The molecule has 2 fully saturated rings. The number of hydrogen-bond acceptors (Lipinski definition) is 4. The molecule has 0 bridgehead atoms. The molecule has 3 N–H and O–H groups in total. The van der Waals surface area contributed by atoms with Gasteiger partial charge in [-0.2, -0.15) is 0 Å². The van der Waals surface area contributed by atoms with Crippen molar-refractivity contribution in [2.75, 3.05) is 52.4 Å². The van der Waals surface area contributed by atoms with Crippen molar-refractivity contribution >= 4 is 5.91 Å². The molecule has 0 radical (unpaired) electrons. The minimum Gasteiger partial charge on any atom is -0.355 e. The first-order valence-corrected chi connectivity index (χ1v) is 7.25. The van der Waals surface area contributed by atoms with Crippen molar-refractivity contribution in [2.24, 2.45) is 5.92 Å². The zero-order valence-corrected chi connectivity index (χ0v) is 11.2. The number of piperazine rings is 1. The lowest BCUT2D eigenvalue weighted by atomic mass is 9.94. The highest BCUT2D eigenvalue weighted by Gasteiger charge is 2.16. The van der Waals surface area contributed by atoms with E-state index in [-0.39, 0.29) is 5.91 Å². The van der Waals surface area contributed by atoms with Crippen LogP contribution in [0, 0.1) is 5.92 Å². The molecule has 104 valence electrons. The van der Waals surface area contributed by atoms with Gasteiger partial charge in [-0.1, -0.05) is 0 Å². The molecule has 0 atom stereocenters. The summed E-state index contributed by atoms with van der Waals surface area (Å²) < 4.78 is 0. The number of hydrogen-bond donors (Lipinski definition) is 3. The van der Waals surface area contributed by atoms with Crippen LogP contribution in [0.2, 0.25) is 0 Å². The molecular weight excluding hydrogens is 228 g/mol. The summed E-state index contributed by atoms with van der Waals surface area (Å²) in [5.74, 6) is 0.822. The van der Waals surface area contributed by atoms with E-state index in [1.807, 2.05) is 0 Å². The number of amides is 1. The molecule has 0 aromatic rings. The van der Waals surface area contributed by atoms with Gasteiger partial charge < -0.3 is 16.0 Å². The van der Waals surface area contributed by atoms with Gasteiger partial charge in [-0.15, -0.1) is 0 Å². The van der Waals surface area contributed by atoms with Crippen molar-refractivity contribution in [1.82, 2.24) is 20.9 Å². The Hall–Kier alpha value is -0.650. The first-order valence-electron chi connectivity index (χ1n) is 7.25. The third-order valence-electron chi connectivity index (χ3n) is 3.89. The number of rotatable bonds is 5. The second-order valence-corrected chi connectivity index (χ2v) is 5.34. The number of piperidine rings is 1. The topological polar surface area (TPSA) is 56.4 Å². The van der Waals surface area contributed by atoms with Gasteiger partial charge in [-0.3, -0.25) is 9.69 Å². The van der Waals surface area contributed by atoms with E-state index in [0.29, 0.717) is 12.3 Å². The third kappa shape index (κ3) is 4.92. The van der Waals surface area contributed by atoms with E-state index in [9.17, 15) is 4.79 Å². The number of carbonyl (C=O) groups is 1. The van der Waals surface area contributed by atoms with Gasteiger partial charge >= 0.3 is 0 Å². The first-order chi connectivity index (χ1) is 8.84. The summed E-state index contributed by atoms with van der Waals surface area (Å²) in [6, 6.07) is 0. The lowest BCUT2D eigenvalue weighted by Gasteiger charge is -2.27. The average molecular weight is 254 g/mol. The van der Waals surface area contributed by atoms with Gasteiger partial charge in [-0.25, -0.2) is 0 Å². The second kappa shape index (κ2) is 7.71. The molecule has 0 aliphatic carbocycles. The molecule has 2 aliphatic rings. The first kappa shape index (κ1) is 13.8. The predicted molar refractivity (Wildman–Crippen MR) is 72.5 cm³/mol. The van der Waals surface area contributed by atoms with Crippen LogP contribution in [-0.2, 0) is 4.79 Å². The van der Waals surface area contributed by atoms with Gasteiger partial charge in [0.2, 0.25) is 5.91 Å². The molecule has 0 unspecified atom stereocenters. The summed E-state index contributed by atoms with van der Waals surface area (Å²) >= 11 is 0. The molecular formula is C13H26N4O. The fourth-order valence-corrected chi connectivity index (χ4v) is 2.71. The maximum Gasteiger partial charge on any atom is 0.220 e. The molecule has 0 aromatic heterocycles. The maximum atomic E-state index is 11.8. The van der Waals surface area contributed by atoms with E-state index in [1.54, 1.807) is 0 Å². The van der Waals surface area contributed by atoms with Crippen LogP contribution in [0.4, 0.5) is 0 Å². The van der Waals surface area contributed by atoms with Crippen LogP contribution in [0.1, 0.15) is 19.3 Å². The van der Waals surface area contributed by atoms with Crippen molar-refractivity contribution in [3.8, 4) is 0 Å². The zero-order valence-electron chi connectivity index (χ0n) is 11.2. The fourth-order valence-electron chi connectivity index (χ4n) is 2.71. The fraction of sp³-hybridized carbons (Fsp3) is 0.923. The second-order valence-electron chi connectivity index (χ2n) is 5.34. The van der Waals surface area contributed by atoms with Crippen LogP contribution in [0.15, 0.2) is 0 Å². The SMILES string of the molecule is O=C(CC1CCNCC1)NCCN1CCNCC1. The summed E-state index contributed by atoms with van der Waals surface area (Å²) in [6.07, 6.45) is 3.00. The Balaban J connectivity index is 1.53. The van der Waals surface area contributed by atoms with E-state index in [4.69, 9.17) is 0 Å². The largest absolute Gasteiger partial charge is 0.355 e. The predicted octanol–water partition coefficient (Wildman–Crippen LogP) is -0.602. The summed E-state index contributed by atoms with van der Waals surface area (Å²) in [5, 5.41) is 9.72. The van der Waals surface area contributed by atoms with Crippen LogP contribution < -0.4 is 16.0 Å². The van der Waals surface area contributed by atoms with Crippen LogP contribution in [-0.4, -0.2) is 63.2 Å². The molecule has 2 heterocycles. The van der Waals surface area contributed by atoms with Crippen molar-refractivity contribution in [2.45, 2.75) is 19.3 Å². The molecule has 18 heavy (non-hydrogen) atoms. The lowest BCUT2D eigenvalue weighted by molar-refractivity contribution is -0.122. The Labute approximate surface area is 110 Å². The zero-order chi connectivity index (χ0) is 12.6. The Morgan fingerprint density at radius 2 is 1.78 bits per heavy atom. The summed E-state index contributed by atoms with van der Waals surface area (Å²) in [7, 11) is 0. The quantitative estimate of drug-likeness (QED) is 0.613. The Kier molecular flexibility index (Phi) is 5.90. The Morgan fingerprint density at radius 1 is 1.11 bits per heavy atom.